The molecule has 0 saturated heterocycles. The van der Waals surface area contributed by atoms with Gasteiger partial charge in [0.25, 0.3) is 0 Å². The molecule has 0 amide bonds. The molecule has 1 atom stereocenters. The van der Waals surface area contributed by atoms with Gasteiger partial charge in [0.2, 0.25) is 0 Å². The van der Waals surface area contributed by atoms with E-state index in [1.165, 1.54) is 12.1 Å². The quantitative estimate of drug-likeness (QED) is 0.681. The minimum atomic E-state index is -0.905. The van der Waals surface area contributed by atoms with Crippen LogP contribution in [-0.4, -0.2) is 11.0 Å². The molecular weight excluding hydrogens is 167 g/mol. The van der Waals surface area contributed by atoms with Crippen molar-refractivity contribution < 1.29 is 9.50 Å². The van der Waals surface area contributed by atoms with E-state index in [1.54, 1.807) is 12.1 Å². The van der Waals surface area contributed by atoms with Gasteiger partial charge in [-0.3, -0.25) is 0 Å². The highest BCUT2D eigenvalue weighted by Gasteiger charge is 2.09. The third-order valence-corrected chi connectivity index (χ3v) is 1.70. The first-order chi connectivity index (χ1) is 5.25. The second-order valence-corrected chi connectivity index (χ2v) is 2.50. The zero-order valence-electron chi connectivity index (χ0n) is 5.80. The fraction of sp³-hybridized carbons (Fsp3) is 0.250. The Balaban J connectivity index is 2.93. The number of hydrogen-bond donors (Lipinski definition) is 1. The van der Waals surface area contributed by atoms with E-state index < -0.39 is 11.9 Å². The molecule has 0 aliphatic rings. The van der Waals surface area contributed by atoms with Crippen LogP contribution in [-0.2, 0) is 0 Å². The first-order valence-corrected chi connectivity index (χ1v) is 3.77. The number of benzene rings is 1. The molecule has 0 aliphatic carbocycles. The van der Waals surface area contributed by atoms with Crippen LogP contribution in [0.3, 0.4) is 0 Å². The van der Waals surface area contributed by atoms with Crippen LogP contribution >= 0.6 is 11.6 Å². The maximum absolute atomic E-state index is 12.8. The number of rotatable bonds is 2. The third-order valence-electron chi connectivity index (χ3n) is 1.41. The molecule has 1 N–H and O–H groups in total. The van der Waals surface area contributed by atoms with E-state index in [0.29, 0.717) is 0 Å². The summed E-state index contributed by atoms with van der Waals surface area (Å²) >= 11 is 5.34. The van der Waals surface area contributed by atoms with Gasteiger partial charge in [0.05, 0.1) is 12.0 Å². The van der Waals surface area contributed by atoms with Crippen molar-refractivity contribution in [2.45, 2.75) is 6.10 Å². The summed E-state index contributed by atoms with van der Waals surface area (Å²) in [5.41, 5.74) is 0.252. The molecule has 0 heterocycles. The monoisotopic (exact) mass is 174 g/mol. The van der Waals surface area contributed by atoms with E-state index in [2.05, 4.69) is 0 Å². The predicted molar refractivity (Wildman–Crippen MR) is 42.1 cm³/mol. The zero-order valence-corrected chi connectivity index (χ0v) is 6.55. The lowest BCUT2D eigenvalue weighted by atomic mass is 10.1. The maximum Gasteiger partial charge on any atom is 0.129 e. The average Bonchev–Trinajstić information content (AvgIpc) is 2.04. The Kier molecular flexibility index (Phi) is 2.85. The van der Waals surface area contributed by atoms with Gasteiger partial charge in [-0.2, -0.15) is 0 Å². The van der Waals surface area contributed by atoms with E-state index in [-0.39, 0.29) is 11.4 Å². The highest BCUT2D eigenvalue weighted by molar-refractivity contribution is 6.18. The van der Waals surface area contributed by atoms with Crippen LogP contribution in [0.25, 0.3) is 0 Å². The van der Waals surface area contributed by atoms with E-state index in [9.17, 15) is 4.39 Å². The van der Waals surface area contributed by atoms with Crippen molar-refractivity contribution in [3.05, 3.63) is 35.6 Å². The summed E-state index contributed by atoms with van der Waals surface area (Å²) in [5, 5.41) is 9.14. The lowest BCUT2D eigenvalue weighted by Gasteiger charge is -2.06. The maximum atomic E-state index is 12.8. The second-order valence-electron chi connectivity index (χ2n) is 2.19. The number of aliphatic hydroxyl groups excluding tert-OH is 1. The zero-order chi connectivity index (χ0) is 8.27. The van der Waals surface area contributed by atoms with Crippen LogP contribution in [0.2, 0.25) is 0 Å². The van der Waals surface area contributed by atoms with Gasteiger partial charge in [-0.15, -0.1) is 11.6 Å². The largest absolute Gasteiger partial charge is 0.387 e. The molecule has 0 spiro atoms. The predicted octanol–water partition coefficient (Wildman–Crippen LogP) is 2.10. The van der Waals surface area contributed by atoms with Crippen LogP contribution in [0.1, 0.15) is 11.7 Å². The molecule has 0 aromatic heterocycles. The van der Waals surface area contributed by atoms with Gasteiger partial charge >= 0.3 is 0 Å². The lowest BCUT2D eigenvalue weighted by Crippen LogP contribution is -2.00. The molecule has 1 aromatic carbocycles. The molecule has 1 rings (SSSR count). The molecular formula is C8H8ClFO. The van der Waals surface area contributed by atoms with Crippen LogP contribution in [0.15, 0.2) is 24.3 Å². The average molecular weight is 175 g/mol. The van der Waals surface area contributed by atoms with Crippen LogP contribution in [0.4, 0.5) is 4.39 Å². The minimum absolute atomic E-state index is 0.0148. The van der Waals surface area contributed by atoms with E-state index in [0.717, 1.165) is 0 Å². The summed E-state index contributed by atoms with van der Waals surface area (Å²) in [4.78, 5) is 0. The number of aliphatic hydroxyl groups is 1. The topological polar surface area (TPSA) is 20.2 Å². The number of hydrogen-bond acceptors (Lipinski definition) is 1. The summed E-state index contributed by atoms with van der Waals surface area (Å²) in [6.07, 6.45) is -0.905. The normalized spacial score (nSPS) is 13.0. The molecule has 0 saturated carbocycles. The lowest BCUT2D eigenvalue weighted by molar-refractivity contribution is 0.197. The Hall–Kier alpha value is -0.600. The third kappa shape index (κ3) is 1.91. The standard InChI is InChI=1S/C8H8ClFO/c9-5-8(11)6-3-1-2-4-7(6)10/h1-4,8,11H,5H2/t8-/m1/s1. The van der Waals surface area contributed by atoms with Crippen molar-refractivity contribution >= 4 is 11.6 Å². The van der Waals surface area contributed by atoms with Crippen molar-refractivity contribution in [3.8, 4) is 0 Å². The Morgan fingerprint density at radius 3 is 2.64 bits per heavy atom. The van der Waals surface area contributed by atoms with Crippen LogP contribution in [0.5, 0.6) is 0 Å². The molecule has 11 heavy (non-hydrogen) atoms. The molecule has 0 fully saturated rings. The first-order valence-electron chi connectivity index (χ1n) is 3.24. The van der Waals surface area contributed by atoms with Gasteiger partial charge in [0.15, 0.2) is 0 Å². The molecule has 0 unspecified atom stereocenters. The van der Waals surface area contributed by atoms with Gasteiger partial charge < -0.3 is 5.11 Å². The minimum Gasteiger partial charge on any atom is -0.387 e. The smallest absolute Gasteiger partial charge is 0.129 e. The molecule has 60 valence electrons. The number of alkyl halides is 1. The summed E-state index contributed by atoms with van der Waals surface area (Å²) in [7, 11) is 0. The van der Waals surface area contributed by atoms with Crippen molar-refractivity contribution in [1.82, 2.24) is 0 Å². The Labute approximate surface area is 69.4 Å². The highest BCUT2D eigenvalue weighted by Crippen LogP contribution is 2.16. The summed E-state index contributed by atoms with van der Waals surface area (Å²) in [6.45, 7) is 0. The molecule has 1 aromatic rings. The van der Waals surface area contributed by atoms with Crippen molar-refractivity contribution in [1.29, 1.82) is 0 Å². The Morgan fingerprint density at radius 1 is 1.45 bits per heavy atom. The van der Waals surface area contributed by atoms with Crippen molar-refractivity contribution in [3.63, 3.8) is 0 Å². The molecule has 0 radical (unpaired) electrons. The van der Waals surface area contributed by atoms with E-state index in [1.807, 2.05) is 0 Å². The second kappa shape index (κ2) is 3.69. The van der Waals surface area contributed by atoms with Crippen LogP contribution in [0, 0.1) is 5.82 Å². The first kappa shape index (κ1) is 8.50. The molecule has 1 nitrogen and oxygen atoms in total. The van der Waals surface area contributed by atoms with Gasteiger partial charge in [-0.1, -0.05) is 18.2 Å². The Morgan fingerprint density at radius 2 is 2.09 bits per heavy atom. The SMILES string of the molecule is O[C@H](CCl)c1ccccc1F. The van der Waals surface area contributed by atoms with Gasteiger partial charge in [-0.25, -0.2) is 4.39 Å². The Bertz CT molecular complexity index is 239. The molecule has 3 heteroatoms. The summed E-state index contributed by atoms with van der Waals surface area (Å²) in [6, 6.07) is 6.04. The van der Waals surface area contributed by atoms with Gasteiger partial charge in [-0.05, 0) is 6.07 Å². The molecule has 0 bridgehead atoms. The number of halogens is 2. The van der Waals surface area contributed by atoms with E-state index in [4.69, 9.17) is 16.7 Å². The van der Waals surface area contributed by atoms with Crippen molar-refractivity contribution in [2.75, 3.05) is 5.88 Å². The fourth-order valence-electron chi connectivity index (χ4n) is 0.828. The fourth-order valence-corrected chi connectivity index (χ4v) is 0.995. The van der Waals surface area contributed by atoms with Crippen molar-refractivity contribution in [2.24, 2.45) is 0 Å². The van der Waals surface area contributed by atoms with E-state index >= 15 is 0 Å². The highest BCUT2D eigenvalue weighted by atomic mass is 35.5. The van der Waals surface area contributed by atoms with Gasteiger partial charge in [0.1, 0.15) is 5.82 Å². The molecule has 0 aliphatic heterocycles. The summed E-state index contributed by atoms with van der Waals surface area (Å²) < 4.78 is 12.8. The van der Waals surface area contributed by atoms with Gasteiger partial charge in [0, 0.05) is 5.56 Å². The summed E-state index contributed by atoms with van der Waals surface area (Å²) in [5.74, 6) is -0.401. The van der Waals surface area contributed by atoms with Crippen LogP contribution < -0.4 is 0 Å².